The number of carbonyl (C=O) groups is 1. The molecule has 0 heterocycles. The zero-order valence-electron chi connectivity index (χ0n) is 13.0. The van der Waals surface area contributed by atoms with Gasteiger partial charge in [-0.25, -0.2) is 0 Å². The minimum absolute atomic E-state index is 0.0629. The number of likely N-dealkylation sites (N-methyl/N-ethyl adjacent to an activating group) is 1. The fourth-order valence-electron chi connectivity index (χ4n) is 1.92. The van der Waals surface area contributed by atoms with Gasteiger partial charge in [-0.15, -0.1) is 0 Å². The van der Waals surface area contributed by atoms with Crippen molar-refractivity contribution in [1.29, 1.82) is 0 Å². The van der Waals surface area contributed by atoms with E-state index < -0.39 is 6.10 Å². The Balaban J connectivity index is 2.29. The number of amides is 1. The third-order valence-electron chi connectivity index (χ3n) is 3.46. The van der Waals surface area contributed by atoms with Gasteiger partial charge in [0.25, 0.3) is 0 Å². The van der Waals surface area contributed by atoms with Crippen molar-refractivity contribution < 1.29 is 14.6 Å². The Kier molecular flexibility index (Phi) is 7.36. The summed E-state index contributed by atoms with van der Waals surface area (Å²) in [6.07, 6.45) is -0.706. The van der Waals surface area contributed by atoms with Crippen molar-refractivity contribution >= 4 is 5.91 Å². The molecule has 5 heteroatoms. The van der Waals surface area contributed by atoms with Gasteiger partial charge < -0.3 is 20.5 Å². The molecule has 0 saturated carbocycles. The third-order valence-corrected chi connectivity index (χ3v) is 3.46. The second-order valence-corrected chi connectivity index (χ2v) is 5.52. The third kappa shape index (κ3) is 6.25. The number of aliphatic hydroxyl groups excluding tert-OH is 1. The summed E-state index contributed by atoms with van der Waals surface area (Å²) >= 11 is 0. The molecule has 1 amide bonds. The standard InChI is InChI=1S/C16H26N2O3/c1-12(13(2)17)16(20)18(3)9-15(19)11-21-10-14-7-5-4-6-8-14/h4-8,12-13,15,19H,9-11,17H2,1-3H3. The quantitative estimate of drug-likeness (QED) is 0.750. The van der Waals surface area contributed by atoms with E-state index in [1.54, 1.807) is 20.9 Å². The number of nitrogens with zero attached hydrogens (tertiary/aromatic N) is 1. The van der Waals surface area contributed by atoms with Gasteiger partial charge in [-0.2, -0.15) is 0 Å². The molecule has 0 saturated heterocycles. The predicted octanol–water partition coefficient (Wildman–Crippen LogP) is 1.01. The van der Waals surface area contributed by atoms with Crippen LogP contribution in [0, 0.1) is 5.92 Å². The Morgan fingerprint density at radius 2 is 1.95 bits per heavy atom. The summed E-state index contributed by atoms with van der Waals surface area (Å²) in [4.78, 5) is 13.5. The van der Waals surface area contributed by atoms with E-state index in [1.807, 2.05) is 30.3 Å². The lowest BCUT2D eigenvalue weighted by Gasteiger charge is -2.25. The monoisotopic (exact) mass is 294 g/mol. The molecule has 0 radical (unpaired) electrons. The minimum atomic E-state index is -0.706. The maximum Gasteiger partial charge on any atom is 0.226 e. The number of carbonyl (C=O) groups excluding carboxylic acids is 1. The van der Waals surface area contributed by atoms with Crippen molar-refractivity contribution in [3.63, 3.8) is 0 Å². The zero-order valence-corrected chi connectivity index (χ0v) is 13.0. The van der Waals surface area contributed by atoms with Crippen molar-refractivity contribution in [2.24, 2.45) is 11.7 Å². The summed E-state index contributed by atoms with van der Waals surface area (Å²) in [5.41, 5.74) is 6.77. The summed E-state index contributed by atoms with van der Waals surface area (Å²) in [6, 6.07) is 9.55. The molecule has 3 N–H and O–H groups in total. The second kappa shape index (κ2) is 8.77. The summed E-state index contributed by atoms with van der Waals surface area (Å²) in [5, 5.41) is 9.92. The van der Waals surface area contributed by atoms with Crippen molar-refractivity contribution in [3.8, 4) is 0 Å². The van der Waals surface area contributed by atoms with Gasteiger partial charge in [-0.3, -0.25) is 4.79 Å². The second-order valence-electron chi connectivity index (χ2n) is 5.52. The highest BCUT2D eigenvalue weighted by atomic mass is 16.5. The number of rotatable bonds is 8. The van der Waals surface area contributed by atoms with Crippen LogP contribution in [0.3, 0.4) is 0 Å². The molecule has 0 aromatic heterocycles. The number of ether oxygens (including phenoxy) is 1. The number of nitrogens with two attached hydrogens (primary N) is 1. The molecule has 0 aliphatic heterocycles. The maximum absolute atomic E-state index is 12.0. The minimum Gasteiger partial charge on any atom is -0.389 e. The van der Waals surface area contributed by atoms with Crippen LogP contribution in [0.5, 0.6) is 0 Å². The molecular weight excluding hydrogens is 268 g/mol. The molecule has 21 heavy (non-hydrogen) atoms. The van der Waals surface area contributed by atoms with E-state index in [-0.39, 0.29) is 31.0 Å². The Morgan fingerprint density at radius 3 is 2.52 bits per heavy atom. The first-order chi connectivity index (χ1) is 9.91. The van der Waals surface area contributed by atoms with E-state index in [0.717, 1.165) is 5.56 Å². The fraction of sp³-hybridized carbons (Fsp3) is 0.562. The van der Waals surface area contributed by atoms with Crippen LogP contribution in [0.4, 0.5) is 0 Å². The molecular formula is C16H26N2O3. The number of aliphatic hydroxyl groups is 1. The van der Waals surface area contributed by atoms with Gasteiger partial charge in [0.05, 0.1) is 25.2 Å². The van der Waals surface area contributed by atoms with Gasteiger partial charge in [0.1, 0.15) is 0 Å². The van der Waals surface area contributed by atoms with Crippen LogP contribution in [-0.4, -0.2) is 48.3 Å². The highest BCUT2D eigenvalue weighted by Gasteiger charge is 2.22. The van der Waals surface area contributed by atoms with Crippen molar-refractivity contribution in [3.05, 3.63) is 35.9 Å². The van der Waals surface area contributed by atoms with E-state index in [1.165, 1.54) is 4.90 Å². The summed E-state index contributed by atoms with van der Waals surface area (Å²) in [6.45, 7) is 4.48. The number of benzene rings is 1. The van der Waals surface area contributed by atoms with Crippen LogP contribution in [0.25, 0.3) is 0 Å². The SMILES string of the molecule is CC(N)C(C)C(=O)N(C)CC(O)COCc1ccccc1. The van der Waals surface area contributed by atoms with Gasteiger partial charge in [0.2, 0.25) is 5.91 Å². The summed E-state index contributed by atoms with van der Waals surface area (Å²) in [7, 11) is 1.67. The smallest absolute Gasteiger partial charge is 0.226 e. The van der Waals surface area contributed by atoms with E-state index in [9.17, 15) is 9.90 Å². The molecule has 5 nitrogen and oxygen atoms in total. The Bertz CT molecular complexity index is 423. The Labute approximate surface area is 126 Å². The van der Waals surface area contributed by atoms with Crippen LogP contribution < -0.4 is 5.73 Å². The molecule has 0 aliphatic carbocycles. The normalized spacial score (nSPS) is 15.3. The van der Waals surface area contributed by atoms with Crippen LogP contribution in [0.2, 0.25) is 0 Å². The van der Waals surface area contributed by atoms with Crippen LogP contribution in [0.15, 0.2) is 30.3 Å². The molecule has 0 fully saturated rings. The van der Waals surface area contributed by atoms with E-state index >= 15 is 0 Å². The molecule has 118 valence electrons. The van der Waals surface area contributed by atoms with Gasteiger partial charge in [-0.05, 0) is 12.5 Å². The van der Waals surface area contributed by atoms with Gasteiger partial charge in [0, 0.05) is 19.6 Å². The van der Waals surface area contributed by atoms with Crippen molar-refractivity contribution in [1.82, 2.24) is 4.90 Å². The Morgan fingerprint density at radius 1 is 1.33 bits per heavy atom. The maximum atomic E-state index is 12.0. The van der Waals surface area contributed by atoms with Crippen LogP contribution >= 0.6 is 0 Å². The Hall–Kier alpha value is -1.43. The van der Waals surface area contributed by atoms with E-state index in [2.05, 4.69) is 0 Å². The molecule has 0 bridgehead atoms. The summed E-state index contributed by atoms with van der Waals surface area (Å²) < 4.78 is 5.46. The largest absolute Gasteiger partial charge is 0.389 e. The zero-order chi connectivity index (χ0) is 15.8. The van der Waals surface area contributed by atoms with Gasteiger partial charge in [0.15, 0.2) is 0 Å². The molecule has 0 spiro atoms. The first kappa shape index (κ1) is 17.6. The van der Waals surface area contributed by atoms with Crippen molar-refractivity contribution in [2.75, 3.05) is 20.2 Å². The van der Waals surface area contributed by atoms with Crippen LogP contribution in [-0.2, 0) is 16.1 Å². The van der Waals surface area contributed by atoms with Crippen molar-refractivity contribution in [2.45, 2.75) is 32.6 Å². The lowest BCUT2D eigenvalue weighted by molar-refractivity contribution is -0.136. The fourth-order valence-corrected chi connectivity index (χ4v) is 1.92. The molecule has 1 aromatic rings. The highest BCUT2D eigenvalue weighted by Crippen LogP contribution is 2.06. The highest BCUT2D eigenvalue weighted by molar-refractivity contribution is 5.78. The average molecular weight is 294 g/mol. The average Bonchev–Trinajstić information content (AvgIpc) is 2.46. The predicted molar refractivity (Wildman–Crippen MR) is 82.6 cm³/mol. The summed E-state index contributed by atoms with van der Waals surface area (Å²) in [5.74, 6) is -0.320. The van der Waals surface area contributed by atoms with Gasteiger partial charge >= 0.3 is 0 Å². The van der Waals surface area contributed by atoms with Crippen LogP contribution in [0.1, 0.15) is 19.4 Å². The first-order valence-corrected chi connectivity index (χ1v) is 7.22. The van der Waals surface area contributed by atoms with E-state index in [4.69, 9.17) is 10.5 Å². The lowest BCUT2D eigenvalue weighted by atomic mass is 10.0. The molecule has 3 atom stereocenters. The number of hydrogen-bond acceptors (Lipinski definition) is 4. The molecule has 1 rings (SSSR count). The van der Waals surface area contributed by atoms with E-state index in [0.29, 0.717) is 6.61 Å². The molecule has 1 aromatic carbocycles. The lowest BCUT2D eigenvalue weighted by Crippen LogP contribution is -2.43. The van der Waals surface area contributed by atoms with Gasteiger partial charge in [-0.1, -0.05) is 37.3 Å². The molecule has 3 unspecified atom stereocenters. The molecule has 0 aliphatic rings. The number of hydrogen-bond donors (Lipinski definition) is 2. The first-order valence-electron chi connectivity index (χ1n) is 7.22. The topological polar surface area (TPSA) is 75.8 Å².